The molecule has 0 spiro atoms. The maximum Gasteiger partial charge on any atom is 0.228 e. The molecule has 108 valence electrons. The molecule has 0 radical (unpaired) electrons. The maximum absolute atomic E-state index is 5.97. The summed E-state index contributed by atoms with van der Waals surface area (Å²) in [4.78, 5) is 8.35. The molecule has 0 bridgehead atoms. The van der Waals surface area contributed by atoms with Crippen molar-refractivity contribution in [1.29, 1.82) is 0 Å². The number of ether oxygens (including phenoxy) is 1. The van der Waals surface area contributed by atoms with Gasteiger partial charge in [-0.15, -0.1) is 0 Å². The molecule has 2 rings (SSSR count). The average molecular weight is 276 g/mol. The highest BCUT2D eigenvalue weighted by atomic mass is 16.5. The van der Waals surface area contributed by atoms with Gasteiger partial charge in [0.25, 0.3) is 0 Å². The van der Waals surface area contributed by atoms with Gasteiger partial charge in [0.2, 0.25) is 5.88 Å². The zero-order valence-electron chi connectivity index (χ0n) is 12.4. The largest absolute Gasteiger partial charge is 0.435 e. The monoisotopic (exact) mass is 276 g/mol. The van der Waals surface area contributed by atoms with Crippen LogP contribution in [0.2, 0.25) is 0 Å². The van der Waals surface area contributed by atoms with Gasteiger partial charge >= 0.3 is 0 Å². The third-order valence-corrected chi connectivity index (χ3v) is 3.20. The van der Waals surface area contributed by atoms with Crippen molar-refractivity contribution in [3.05, 3.63) is 23.3 Å². The molecule has 0 fully saturated rings. The van der Waals surface area contributed by atoms with Crippen molar-refractivity contribution in [2.45, 2.75) is 33.6 Å². The Kier molecular flexibility index (Phi) is 3.89. The molecule has 0 aliphatic heterocycles. The fourth-order valence-electron chi connectivity index (χ4n) is 2.09. The fourth-order valence-corrected chi connectivity index (χ4v) is 2.09. The molecule has 0 atom stereocenters. The molecule has 7 heteroatoms. The van der Waals surface area contributed by atoms with E-state index < -0.39 is 0 Å². The quantitative estimate of drug-likeness (QED) is 0.656. The number of hydrazine groups is 1. The number of nitrogens with zero attached hydrogens (tertiary/aromatic N) is 4. The van der Waals surface area contributed by atoms with Crippen molar-refractivity contribution in [3.8, 4) is 11.6 Å². The van der Waals surface area contributed by atoms with E-state index in [1.807, 2.05) is 34.7 Å². The Balaban J connectivity index is 2.48. The first-order valence-corrected chi connectivity index (χ1v) is 6.45. The Morgan fingerprint density at radius 2 is 2.00 bits per heavy atom. The topological polar surface area (TPSA) is 90.9 Å². The van der Waals surface area contributed by atoms with Crippen LogP contribution in [0.1, 0.15) is 36.7 Å². The summed E-state index contributed by atoms with van der Waals surface area (Å²) in [6.07, 6.45) is 1.43. The van der Waals surface area contributed by atoms with E-state index in [0.717, 1.165) is 22.7 Å². The summed E-state index contributed by atoms with van der Waals surface area (Å²) < 4.78 is 7.75. The summed E-state index contributed by atoms with van der Waals surface area (Å²) in [7, 11) is 1.88. The molecule has 0 saturated heterocycles. The van der Waals surface area contributed by atoms with Crippen molar-refractivity contribution >= 4 is 5.82 Å². The SMILES string of the molecule is Cc1nn(C)c(C)c1Oc1ncnc(NN)c1C(C)C. The predicted molar refractivity (Wildman–Crippen MR) is 76.7 cm³/mol. The van der Waals surface area contributed by atoms with E-state index >= 15 is 0 Å². The molecule has 2 heterocycles. The van der Waals surface area contributed by atoms with Gasteiger partial charge in [-0.1, -0.05) is 13.8 Å². The van der Waals surface area contributed by atoms with Crippen LogP contribution in [0.3, 0.4) is 0 Å². The van der Waals surface area contributed by atoms with Gasteiger partial charge in [-0.3, -0.25) is 4.68 Å². The van der Waals surface area contributed by atoms with Crippen LogP contribution in [0.4, 0.5) is 5.82 Å². The summed E-state index contributed by atoms with van der Waals surface area (Å²) in [5.41, 5.74) is 5.19. The Morgan fingerprint density at radius 1 is 1.30 bits per heavy atom. The van der Waals surface area contributed by atoms with Crippen LogP contribution < -0.4 is 16.0 Å². The van der Waals surface area contributed by atoms with Crippen molar-refractivity contribution in [2.75, 3.05) is 5.43 Å². The van der Waals surface area contributed by atoms with E-state index in [1.54, 1.807) is 4.68 Å². The molecule has 3 N–H and O–H groups in total. The second kappa shape index (κ2) is 5.46. The second-order valence-electron chi connectivity index (χ2n) is 4.97. The highest BCUT2D eigenvalue weighted by Gasteiger charge is 2.19. The van der Waals surface area contributed by atoms with E-state index in [1.165, 1.54) is 6.33 Å². The number of hydrogen-bond acceptors (Lipinski definition) is 6. The van der Waals surface area contributed by atoms with Crippen LogP contribution in [0.15, 0.2) is 6.33 Å². The van der Waals surface area contributed by atoms with Gasteiger partial charge in [-0.25, -0.2) is 15.8 Å². The summed E-state index contributed by atoms with van der Waals surface area (Å²) >= 11 is 0. The van der Waals surface area contributed by atoms with Crippen LogP contribution >= 0.6 is 0 Å². The lowest BCUT2D eigenvalue weighted by Gasteiger charge is -2.15. The zero-order valence-corrected chi connectivity index (χ0v) is 12.4. The molecule has 0 unspecified atom stereocenters. The van der Waals surface area contributed by atoms with Gasteiger partial charge in [-0.05, 0) is 19.8 Å². The van der Waals surface area contributed by atoms with Crippen molar-refractivity contribution in [3.63, 3.8) is 0 Å². The summed E-state index contributed by atoms with van der Waals surface area (Å²) in [6, 6.07) is 0. The molecule has 0 aliphatic rings. The van der Waals surface area contributed by atoms with E-state index in [9.17, 15) is 0 Å². The molecule has 0 saturated carbocycles. The van der Waals surface area contributed by atoms with Crippen molar-refractivity contribution < 1.29 is 4.74 Å². The first kappa shape index (κ1) is 14.3. The van der Waals surface area contributed by atoms with E-state index in [2.05, 4.69) is 20.5 Å². The molecular weight excluding hydrogens is 256 g/mol. The molecule has 7 nitrogen and oxygen atoms in total. The number of nitrogen functional groups attached to an aromatic ring is 1. The standard InChI is InChI=1S/C13H20N6O/c1-7(2)10-12(17-14)15-6-16-13(10)20-11-8(3)18-19(5)9(11)4/h6-7H,14H2,1-5H3,(H,15,16,17). The summed E-state index contributed by atoms with van der Waals surface area (Å²) in [6.45, 7) is 7.93. The van der Waals surface area contributed by atoms with Gasteiger partial charge in [0.15, 0.2) is 11.6 Å². The normalized spacial score (nSPS) is 10.9. The van der Waals surface area contributed by atoms with Gasteiger partial charge in [-0.2, -0.15) is 5.10 Å². The minimum atomic E-state index is 0.175. The average Bonchev–Trinajstić information content (AvgIpc) is 2.64. The van der Waals surface area contributed by atoms with Gasteiger partial charge in [0.05, 0.1) is 11.3 Å². The minimum absolute atomic E-state index is 0.175. The highest BCUT2D eigenvalue weighted by molar-refractivity contribution is 5.51. The minimum Gasteiger partial charge on any atom is -0.435 e. The number of aromatic nitrogens is 4. The van der Waals surface area contributed by atoms with Gasteiger partial charge in [0, 0.05) is 7.05 Å². The molecular formula is C13H20N6O. The summed E-state index contributed by atoms with van der Waals surface area (Å²) in [5.74, 6) is 7.47. The first-order chi connectivity index (χ1) is 9.45. The Morgan fingerprint density at radius 3 is 2.50 bits per heavy atom. The Bertz CT molecular complexity index is 620. The smallest absolute Gasteiger partial charge is 0.228 e. The summed E-state index contributed by atoms with van der Waals surface area (Å²) in [5, 5.41) is 4.33. The first-order valence-electron chi connectivity index (χ1n) is 6.45. The zero-order chi connectivity index (χ0) is 14.9. The number of nitrogens with one attached hydrogen (secondary N) is 1. The maximum atomic E-state index is 5.97. The van der Waals surface area contributed by atoms with Gasteiger partial charge < -0.3 is 10.2 Å². The molecule has 2 aromatic heterocycles. The second-order valence-corrected chi connectivity index (χ2v) is 4.97. The van der Waals surface area contributed by atoms with E-state index in [4.69, 9.17) is 10.6 Å². The number of rotatable bonds is 4. The van der Waals surface area contributed by atoms with E-state index in [-0.39, 0.29) is 5.92 Å². The van der Waals surface area contributed by atoms with Gasteiger partial charge in [0.1, 0.15) is 12.0 Å². The Hall–Kier alpha value is -2.15. The molecule has 0 amide bonds. The lowest BCUT2D eigenvalue weighted by molar-refractivity contribution is 0.444. The van der Waals surface area contributed by atoms with Crippen LogP contribution in [-0.4, -0.2) is 19.7 Å². The highest BCUT2D eigenvalue weighted by Crippen LogP contribution is 2.34. The molecule has 2 aromatic rings. The van der Waals surface area contributed by atoms with E-state index in [0.29, 0.717) is 11.7 Å². The predicted octanol–water partition coefficient (Wildman–Crippen LogP) is 2.03. The van der Waals surface area contributed by atoms with Crippen LogP contribution in [-0.2, 0) is 7.05 Å². The lowest BCUT2D eigenvalue weighted by atomic mass is 10.1. The number of nitrogens with two attached hydrogens (primary N) is 1. The molecule has 20 heavy (non-hydrogen) atoms. The van der Waals surface area contributed by atoms with Crippen LogP contribution in [0, 0.1) is 13.8 Å². The number of anilines is 1. The van der Waals surface area contributed by atoms with Crippen LogP contribution in [0.25, 0.3) is 0 Å². The Labute approximate surface area is 118 Å². The number of aryl methyl sites for hydroxylation is 2. The molecule has 0 aliphatic carbocycles. The third-order valence-electron chi connectivity index (χ3n) is 3.20. The van der Waals surface area contributed by atoms with Crippen molar-refractivity contribution in [1.82, 2.24) is 19.7 Å². The van der Waals surface area contributed by atoms with Crippen molar-refractivity contribution in [2.24, 2.45) is 12.9 Å². The lowest BCUT2D eigenvalue weighted by Crippen LogP contribution is -2.13. The number of hydrogen-bond donors (Lipinski definition) is 2. The third kappa shape index (κ3) is 2.44. The van der Waals surface area contributed by atoms with Crippen LogP contribution in [0.5, 0.6) is 11.6 Å². The fraction of sp³-hybridized carbons (Fsp3) is 0.462. The molecule has 0 aromatic carbocycles.